The summed E-state index contributed by atoms with van der Waals surface area (Å²) < 4.78 is 33.7. The van der Waals surface area contributed by atoms with Gasteiger partial charge < -0.3 is 4.74 Å². The second-order valence-electron chi connectivity index (χ2n) is 2.36. The van der Waals surface area contributed by atoms with E-state index in [1.165, 1.54) is 6.92 Å². The summed E-state index contributed by atoms with van der Waals surface area (Å²) in [7, 11) is -4.08. The van der Waals surface area contributed by atoms with Crippen molar-refractivity contribution in [2.24, 2.45) is 0 Å². The van der Waals surface area contributed by atoms with Crippen LogP contribution in [0.1, 0.15) is 20.3 Å². The molecule has 0 aliphatic heterocycles. The maximum absolute atomic E-state index is 10.5. The average Bonchev–Trinajstić information content (AvgIpc) is 1.97. The van der Waals surface area contributed by atoms with Crippen molar-refractivity contribution >= 4 is 45.6 Å². The molecule has 0 aliphatic rings. The van der Waals surface area contributed by atoms with Crippen LogP contribution in [0, 0.1) is 0 Å². The zero-order chi connectivity index (χ0) is 9.78. The third-order valence-corrected chi connectivity index (χ3v) is 2.43. The van der Waals surface area contributed by atoms with Gasteiger partial charge in [-0.1, -0.05) is 6.92 Å². The molecule has 0 saturated carbocycles. The van der Waals surface area contributed by atoms with Crippen molar-refractivity contribution in [3.05, 3.63) is 0 Å². The van der Waals surface area contributed by atoms with Crippen molar-refractivity contribution in [2.45, 2.75) is 25.5 Å². The molecule has 1 N–H and O–H groups in total. The SMILES string of the molecule is CCC(=O)OCC(C)S(=O)(=O)O.[Na]. The fraction of sp³-hybridized carbons (Fsp3) is 0.833. The topological polar surface area (TPSA) is 80.7 Å². The van der Waals surface area contributed by atoms with E-state index in [9.17, 15) is 13.2 Å². The minimum absolute atomic E-state index is 0. The molecule has 1 atom stereocenters. The number of carbonyl (C=O) groups excluding carboxylic acids is 1. The van der Waals surface area contributed by atoms with E-state index in [0.717, 1.165) is 0 Å². The van der Waals surface area contributed by atoms with Gasteiger partial charge in [-0.3, -0.25) is 9.35 Å². The largest absolute Gasteiger partial charge is 0.464 e. The summed E-state index contributed by atoms with van der Waals surface area (Å²) >= 11 is 0. The normalized spacial score (nSPS) is 12.8. The average molecular weight is 219 g/mol. The van der Waals surface area contributed by atoms with Gasteiger partial charge in [0.05, 0.1) is 0 Å². The van der Waals surface area contributed by atoms with E-state index < -0.39 is 21.3 Å². The molecule has 0 aromatic carbocycles. The molecule has 0 heterocycles. The molecule has 1 radical (unpaired) electrons. The Hall–Kier alpha value is 0.380. The molecule has 0 aromatic rings. The van der Waals surface area contributed by atoms with Crippen LogP contribution in [0.25, 0.3) is 0 Å². The van der Waals surface area contributed by atoms with Gasteiger partial charge in [0.15, 0.2) is 0 Å². The second kappa shape index (κ2) is 6.78. The van der Waals surface area contributed by atoms with Gasteiger partial charge in [0, 0.05) is 36.0 Å². The van der Waals surface area contributed by atoms with Gasteiger partial charge in [-0.2, -0.15) is 8.42 Å². The van der Waals surface area contributed by atoms with Gasteiger partial charge in [-0.05, 0) is 6.92 Å². The van der Waals surface area contributed by atoms with Crippen molar-refractivity contribution in [1.82, 2.24) is 0 Å². The van der Waals surface area contributed by atoms with Gasteiger partial charge in [0.25, 0.3) is 10.1 Å². The maximum atomic E-state index is 10.5. The number of hydrogen-bond donors (Lipinski definition) is 1. The summed E-state index contributed by atoms with van der Waals surface area (Å²) in [6, 6.07) is 0. The van der Waals surface area contributed by atoms with Crippen LogP contribution in [-0.4, -0.2) is 60.4 Å². The van der Waals surface area contributed by atoms with Crippen LogP contribution in [-0.2, 0) is 19.6 Å². The predicted octanol–water partition coefficient (Wildman–Crippen LogP) is -0.165. The molecule has 0 aromatic heterocycles. The first-order valence-corrected chi connectivity index (χ1v) is 5.00. The standard InChI is InChI=1S/C6H12O5S.Na/c1-3-6(7)11-4-5(2)12(8,9)10;/h5H,3-4H2,1-2H3,(H,8,9,10);. The second-order valence-corrected chi connectivity index (χ2v) is 4.20. The Balaban J connectivity index is 0. The summed E-state index contributed by atoms with van der Waals surface area (Å²) in [5.41, 5.74) is 0. The van der Waals surface area contributed by atoms with E-state index in [4.69, 9.17) is 4.55 Å². The fourth-order valence-electron chi connectivity index (χ4n) is 0.398. The first-order chi connectivity index (χ1) is 5.38. The quantitative estimate of drug-likeness (QED) is 0.403. The van der Waals surface area contributed by atoms with Crippen molar-refractivity contribution < 1.29 is 22.5 Å². The molecule has 1 unspecified atom stereocenters. The van der Waals surface area contributed by atoms with E-state index >= 15 is 0 Å². The van der Waals surface area contributed by atoms with Crippen LogP contribution in [0.5, 0.6) is 0 Å². The molecule has 0 rings (SSSR count). The van der Waals surface area contributed by atoms with Crippen molar-refractivity contribution in [3.63, 3.8) is 0 Å². The summed E-state index contributed by atoms with van der Waals surface area (Å²) in [4.78, 5) is 10.5. The molecule has 0 aliphatic carbocycles. The maximum Gasteiger partial charge on any atom is 0.305 e. The van der Waals surface area contributed by atoms with E-state index in [2.05, 4.69) is 4.74 Å². The molecule has 5 nitrogen and oxygen atoms in total. The van der Waals surface area contributed by atoms with Crippen LogP contribution < -0.4 is 0 Å². The number of ether oxygens (including phenoxy) is 1. The predicted molar refractivity (Wildman–Crippen MR) is 48.0 cm³/mol. The first kappa shape index (κ1) is 15.8. The van der Waals surface area contributed by atoms with E-state index in [0.29, 0.717) is 0 Å². The molecular weight excluding hydrogens is 207 g/mol. The van der Waals surface area contributed by atoms with Crippen LogP contribution >= 0.6 is 0 Å². The summed E-state index contributed by atoms with van der Waals surface area (Å²) in [6.07, 6.45) is 0.193. The Bertz CT molecular complexity index is 248. The summed E-state index contributed by atoms with van der Waals surface area (Å²) in [5.74, 6) is -0.481. The van der Waals surface area contributed by atoms with Crippen LogP contribution in [0.4, 0.5) is 0 Å². The third-order valence-electron chi connectivity index (χ3n) is 1.28. The Morgan fingerprint density at radius 3 is 2.31 bits per heavy atom. The van der Waals surface area contributed by atoms with Gasteiger partial charge in [-0.15, -0.1) is 0 Å². The van der Waals surface area contributed by atoms with E-state index in [1.807, 2.05) is 0 Å². The van der Waals surface area contributed by atoms with Gasteiger partial charge in [0.2, 0.25) is 0 Å². The van der Waals surface area contributed by atoms with Crippen LogP contribution in [0.2, 0.25) is 0 Å². The number of hydrogen-bond acceptors (Lipinski definition) is 4. The zero-order valence-electron chi connectivity index (χ0n) is 7.98. The van der Waals surface area contributed by atoms with Crippen molar-refractivity contribution in [1.29, 1.82) is 0 Å². The van der Waals surface area contributed by atoms with Gasteiger partial charge in [0.1, 0.15) is 11.9 Å². The van der Waals surface area contributed by atoms with Crippen LogP contribution in [0.3, 0.4) is 0 Å². The van der Waals surface area contributed by atoms with Crippen molar-refractivity contribution in [2.75, 3.05) is 6.61 Å². The molecular formula is C6H12NaO5S. The molecule has 0 spiro atoms. The Morgan fingerprint density at radius 1 is 1.54 bits per heavy atom. The van der Waals surface area contributed by atoms with Gasteiger partial charge in [-0.25, -0.2) is 0 Å². The number of esters is 1. The minimum Gasteiger partial charge on any atom is -0.464 e. The Kier molecular flexibility index (Phi) is 8.26. The Labute approximate surface area is 99.9 Å². The molecule has 0 bridgehead atoms. The molecule has 0 saturated heterocycles. The molecule has 0 amide bonds. The van der Waals surface area contributed by atoms with Gasteiger partial charge >= 0.3 is 5.97 Å². The smallest absolute Gasteiger partial charge is 0.305 e. The zero-order valence-corrected chi connectivity index (χ0v) is 10.8. The summed E-state index contributed by atoms with van der Waals surface area (Å²) in [6.45, 7) is 2.56. The van der Waals surface area contributed by atoms with E-state index in [1.54, 1.807) is 6.92 Å². The monoisotopic (exact) mass is 219 g/mol. The molecule has 0 fully saturated rings. The van der Waals surface area contributed by atoms with Crippen LogP contribution in [0.15, 0.2) is 0 Å². The molecule has 13 heavy (non-hydrogen) atoms. The molecule has 7 heteroatoms. The number of carbonyl (C=O) groups is 1. The fourth-order valence-corrected chi connectivity index (χ4v) is 0.638. The van der Waals surface area contributed by atoms with E-state index in [-0.39, 0.29) is 42.6 Å². The first-order valence-electron chi connectivity index (χ1n) is 3.49. The minimum atomic E-state index is -4.08. The number of rotatable bonds is 4. The summed E-state index contributed by atoms with van der Waals surface area (Å²) in [5, 5.41) is -1.06. The third kappa shape index (κ3) is 7.45. The van der Waals surface area contributed by atoms with Crippen molar-refractivity contribution in [3.8, 4) is 0 Å². The molecule has 73 valence electrons. The Morgan fingerprint density at radius 2 is 2.00 bits per heavy atom.